The number of nitrogens with one attached hydrogen (secondary N) is 1. The van der Waals surface area contributed by atoms with Crippen molar-refractivity contribution in [3.8, 4) is 11.3 Å². The first-order valence-electron chi connectivity index (χ1n) is 5.21. The topological polar surface area (TPSA) is 80.9 Å². The lowest BCUT2D eigenvalue weighted by Crippen LogP contribution is -2.19. The molecule has 2 aromatic rings. The Kier molecular flexibility index (Phi) is 4.16. The highest BCUT2D eigenvalue weighted by molar-refractivity contribution is 8.01. The van der Waals surface area contributed by atoms with E-state index < -0.39 is 0 Å². The fourth-order valence-electron chi connectivity index (χ4n) is 1.28. The summed E-state index contributed by atoms with van der Waals surface area (Å²) in [7, 11) is 1.61. The number of thioether (sulfide) groups is 1. The maximum Gasteiger partial charge on any atom is 0.230 e. The molecule has 5 nitrogen and oxygen atoms in total. The number of carbonyl (C=O) groups excluding carboxylic acids is 1. The van der Waals surface area contributed by atoms with Gasteiger partial charge in [0.1, 0.15) is 10.7 Å². The van der Waals surface area contributed by atoms with Crippen LogP contribution in [0.1, 0.15) is 0 Å². The summed E-state index contributed by atoms with van der Waals surface area (Å²) in [6, 6.07) is 3.75. The van der Waals surface area contributed by atoms with E-state index >= 15 is 0 Å². The summed E-state index contributed by atoms with van der Waals surface area (Å²) in [5.74, 6) is 0.312. The molecular formula is C11H12N4OS2. The Balaban J connectivity index is 2.15. The summed E-state index contributed by atoms with van der Waals surface area (Å²) in [4.78, 5) is 19.6. The Bertz CT molecular complexity index is 541. The van der Waals surface area contributed by atoms with Crippen LogP contribution in [0.3, 0.4) is 0 Å². The molecule has 7 heteroatoms. The van der Waals surface area contributed by atoms with Gasteiger partial charge in [-0.25, -0.2) is 4.98 Å². The third kappa shape index (κ3) is 2.99. The van der Waals surface area contributed by atoms with Crippen LogP contribution in [0, 0.1) is 0 Å². The smallest absolute Gasteiger partial charge is 0.230 e. The van der Waals surface area contributed by atoms with Gasteiger partial charge in [0.25, 0.3) is 0 Å². The molecule has 3 N–H and O–H groups in total. The number of pyridine rings is 1. The predicted molar refractivity (Wildman–Crippen MR) is 74.5 cm³/mol. The summed E-state index contributed by atoms with van der Waals surface area (Å²) in [6.07, 6.45) is 3.42. The summed E-state index contributed by atoms with van der Waals surface area (Å²) in [5.41, 5.74) is 7.54. The number of carbonyl (C=O) groups is 1. The molecule has 0 atom stereocenters. The largest absolute Gasteiger partial charge is 0.389 e. The molecule has 0 saturated heterocycles. The molecule has 0 aliphatic carbocycles. The minimum atomic E-state index is -0.0308. The average molecular weight is 280 g/mol. The minimum Gasteiger partial charge on any atom is -0.389 e. The Hall–Kier alpha value is -1.60. The van der Waals surface area contributed by atoms with Gasteiger partial charge in [-0.3, -0.25) is 9.78 Å². The van der Waals surface area contributed by atoms with Crippen LogP contribution in [0.25, 0.3) is 11.3 Å². The number of thiazole rings is 1. The quantitative estimate of drug-likeness (QED) is 0.832. The Labute approximate surface area is 113 Å². The molecule has 18 heavy (non-hydrogen) atoms. The van der Waals surface area contributed by atoms with Gasteiger partial charge in [0.15, 0.2) is 4.34 Å². The Morgan fingerprint density at radius 1 is 1.61 bits per heavy atom. The maximum atomic E-state index is 11.2. The second-order valence-corrected chi connectivity index (χ2v) is 5.65. The second kappa shape index (κ2) is 5.83. The number of rotatable bonds is 4. The van der Waals surface area contributed by atoms with Gasteiger partial charge in [0.2, 0.25) is 5.91 Å². The van der Waals surface area contributed by atoms with Crippen molar-refractivity contribution in [1.82, 2.24) is 15.3 Å². The van der Waals surface area contributed by atoms with Gasteiger partial charge in [-0.1, -0.05) is 23.1 Å². The van der Waals surface area contributed by atoms with Crippen molar-refractivity contribution >= 4 is 34.0 Å². The zero-order valence-electron chi connectivity index (χ0n) is 9.71. The van der Waals surface area contributed by atoms with Crippen LogP contribution in [0.5, 0.6) is 0 Å². The third-order valence-electron chi connectivity index (χ3n) is 2.17. The van der Waals surface area contributed by atoms with Crippen LogP contribution in [0.15, 0.2) is 28.9 Å². The number of anilines is 1. The molecule has 2 rings (SSSR count). The maximum absolute atomic E-state index is 11.2. The highest BCUT2D eigenvalue weighted by atomic mass is 32.2. The molecule has 2 aromatic heterocycles. The van der Waals surface area contributed by atoms with Gasteiger partial charge in [0.05, 0.1) is 5.75 Å². The van der Waals surface area contributed by atoms with Crippen molar-refractivity contribution in [2.24, 2.45) is 0 Å². The van der Waals surface area contributed by atoms with Crippen molar-refractivity contribution in [3.63, 3.8) is 0 Å². The Morgan fingerprint density at radius 3 is 3.11 bits per heavy atom. The first-order valence-corrected chi connectivity index (χ1v) is 7.01. The molecule has 1 amide bonds. The van der Waals surface area contributed by atoms with Gasteiger partial charge >= 0.3 is 0 Å². The molecule has 0 unspecified atom stereocenters. The van der Waals surface area contributed by atoms with Crippen molar-refractivity contribution in [2.75, 3.05) is 18.5 Å². The molecular weight excluding hydrogens is 268 g/mol. The monoisotopic (exact) mass is 280 g/mol. The number of nitrogen functional groups attached to an aromatic ring is 1. The van der Waals surface area contributed by atoms with E-state index in [1.165, 1.54) is 23.1 Å². The molecule has 0 radical (unpaired) electrons. The first-order chi connectivity index (χ1) is 8.70. The highest BCUT2D eigenvalue weighted by Gasteiger charge is 2.12. The number of nitrogens with zero attached hydrogens (tertiary/aromatic N) is 2. The molecule has 0 fully saturated rings. The lowest BCUT2D eigenvalue weighted by atomic mass is 10.2. The lowest BCUT2D eigenvalue weighted by molar-refractivity contribution is -0.118. The molecule has 2 heterocycles. The third-order valence-corrected chi connectivity index (χ3v) is 4.20. The second-order valence-electron chi connectivity index (χ2n) is 3.40. The van der Waals surface area contributed by atoms with E-state index in [0.717, 1.165) is 15.6 Å². The van der Waals surface area contributed by atoms with Crippen molar-refractivity contribution in [2.45, 2.75) is 4.34 Å². The molecule has 0 spiro atoms. The van der Waals surface area contributed by atoms with Gasteiger partial charge in [-0.2, -0.15) is 0 Å². The number of amides is 1. The van der Waals surface area contributed by atoms with Gasteiger partial charge in [0, 0.05) is 25.0 Å². The number of hydrogen-bond acceptors (Lipinski definition) is 6. The van der Waals surface area contributed by atoms with Crippen molar-refractivity contribution in [3.05, 3.63) is 24.5 Å². The van der Waals surface area contributed by atoms with E-state index in [1.807, 2.05) is 12.1 Å². The van der Waals surface area contributed by atoms with Crippen LogP contribution >= 0.6 is 23.1 Å². The van der Waals surface area contributed by atoms with Crippen molar-refractivity contribution in [1.29, 1.82) is 0 Å². The zero-order chi connectivity index (χ0) is 13.0. The number of aromatic nitrogens is 2. The molecule has 0 aliphatic heterocycles. The van der Waals surface area contributed by atoms with Crippen molar-refractivity contribution < 1.29 is 4.79 Å². The van der Waals surface area contributed by atoms with Crippen LogP contribution in [-0.4, -0.2) is 28.7 Å². The van der Waals surface area contributed by atoms with E-state index in [0.29, 0.717) is 10.8 Å². The SMILES string of the molecule is CNC(=O)CSc1nc(-c2cccnc2)c(N)s1. The predicted octanol–water partition coefficient (Wildman–Crippen LogP) is 1.63. The van der Waals surface area contributed by atoms with E-state index in [1.54, 1.807) is 19.4 Å². The summed E-state index contributed by atoms with van der Waals surface area (Å²) in [5, 5.41) is 3.21. The fourth-order valence-corrected chi connectivity index (χ4v) is 3.10. The summed E-state index contributed by atoms with van der Waals surface area (Å²) >= 11 is 2.76. The lowest BCUT2D eigenvalue weighted by Gasteiger charge is -1.96. The van der Waals surface area contributed by atoms with Crippen LogP contribution < -0.4 is 11.1 Å². The van der Waals surface area contributed by atoms with Crippen LogP contribution in [-0.2, 0) is 4.79 Å². The molecule has 0 aliphatic rings. The van der Waals surface area contributed by atoms with Crippen LogP contribution in [0.2, 0.25) is 0 Å². The van der Waals surface area contributed by atoms with Gasteiger partial charge in [-0.15, -0.1) is 0 Å². The molecule has 0 saturated carbocycles. The average Bonchev–Trinajstić information content (AvgIpc) is 2.78. The molecule has 0 bridgehead atoms. The van der Waals surface area contributed by atoms with Gasteiger partial charge in [-0.05, 0) is 12.1 Å². The van der Waals surface area contributed by atoms with Crippen LogP contribution in [0.4, 0.5) is 5.00 Å². The van der Waals surface area contributed by atoms with E-state index in [2.05, 4.69) is 15.3 Å². The molecule has 0 aromatic carbocycles. The Morgan fingerprint density at radius 2 is 2.44 bits per heavy atom. The number of hydrogen-bond donors (Lipinski definition) is 2. The standard InChI is InChI=1S/C11H12N4OS2/c1-13-8(16)6-17-11-15-9(10(12)18-11)7-3-2-4-14-5-7/h2-5H,6,12H2,1H3,(H,13,16). The highest BCUT2D eigenvalue weighted by Crippen LogP contribution is 2.34. The van der Waals surface area contributed by atoms with Gasteiger partial charge < -0.3 is 11.1 Å². The zero-order valence-corrected chi connectivity index (χ0v) is 11.3. The van der Waals surface area contributed by atoms with E-state index in [9.17, 15) is 4.79 Å². The summed E-state index contributed by atoms with van der Waals surface area (Å²) < 4.78 is 0.787. The first kappa shape index (κ1) is 12.8. The number of nitrogens with two attached hydrogens (primary N) is 1. The normalized spacial score (nSPS) is 10.3. The molecule has 94 valence electrons. The summed E-state index contributed by atoms with van der Waals surface area (Å²) in [6.45, 7) is 0. The van der Waals surface area contributed by atoms with E-state index in [-0.39, 0.29) is 5.91 Å². The minimum absolute atomic E-state index is 0.0308. The fraction of sp³-hybridized carbons (Fsp3) is 0.182. The van der Waals surface area contributed by atoms with E-state index in [4.69, 9.17) is 5.73 Å².